The maximum Gasteiger partial charge on any atom is 0.118 e. The first kappa shape index (κ1) is 17.1. The second-order valence-corrected chi connectivity index (χ2v) is 7.54. The molecule has 3 aliphatic rings. The Morgan fingerprint density at radius 1 is 1.19 bits per heavy atom. The number of halogens is 1. The van der Waals surface area contributed by atoms with Crippen LogP contribution < -0.4 is 21.5 Å². The first-order chi connectivity index (χ1) is 12.7. The molecule has 4 rings (SSSR count). The van der Waals surface area contributed by atoms with E-state index in [1.165, 1.54) is 0 Å². The van der Waals surface area contributed by atoms with Gasteiger partial charge in [0.1, 0.15) is 12.2 Å². The van der Waals surface area contributed by atoms with E-state index in [0.717, 1.165) is 52.8 Å². The van der Waals surface area contributed by atoms with Crippen molar-refractivity contribution in [1.82, 2.24) is 21.5 Å². The number of rotatable bonds is 2. The van der Waals surface area contributed by atoms with Crippen LogP contribution in [-0.2, 0) is 0 Å². The normalized spacial score (nSPS) is 27.5. The van der Waals surface area contributed by atoms with E-state index in [1.54, 1.807) is 6.07 Å². The van der Waals surface area contributed by atoms with E-state index in [2.05, 4.69) is 49.6 Å². The number of piperidine rings is 1. The molecule has 3 unspecified atom stereocenters. The van der Waals surface area contributed by atoms with Crippen molar-refractivity contribution in [2.45, 2.75) is 24.9 Å². The number of fused-ring (bicyclic) bond motifs is 1. The molecule has 0 aromatic heterocycles. The third kappa shape index (κ3) is 2.79. The molecule has 4 N–H and O–H groups in total. The lowest BCUT2D eigenvalue weighted by Gasteiger charge is -2.37. The Kier molecular flexibility index (Phi) is 4.69. The molecule has 0 saturated carbocycles. The monoisotopic (exact) mass is 410 g/mol. The summed E-state index contributed by atoms with van der Waals surface area (Å²) in [5.41, 5.74) is 10.6. The van der Waals surface area contributed by atoms with Crippen molar-refractivity contribution in [1.29, 1.82) is 10.5 Å². The zero-order chi connectivity index (χ0) is 18.1. The predicted octanol–water partition coefficient (Wildman–Crippen LogP) is 2.10. The molecule has 0 amide bonds. The average molecular weight is 411 g/mol. The van der Waals surface area contributed by atoms with Gasteiger partial charge in [-0.3, -0.25) is 0 Å². The van der Waals surface area contributed by atoms with Crippen molar-refractivity contribution in [3.05, 3.63) is 56.8 Å². The molecular weight excluding hydrogens is 392 g/mol. The Morgan fingerprint density at radius 3 is 2.81 bits per heavy atom. The number of hydrazine groups is 1. The fraction of sp³-hybridized carbons (Fsp3) is 0.368. The largest absolute Gasteiger partial charge is 0.367 e. The van der Waals surface area contributed by atoms with Crippen LogP contribution in [0.25, 0.3) is 0 Å². The van der Waals surface area contributed by atoms with Crippen LogP contribution in [0, 0.1) is 28.6 Å². The molecule has 3 aliphatic heterocycles. The summed E-state index contributed by atoms with van der Waals surface area (Å²) in [6.07, 6.45) is 4.02. The first-order valence-corrected chi connectivity index (χ1v) is 9.54. The van der Waals surface area contributed by atoms with Gasteiger partial charge in [-0.2, -0.15) is 10.5 Å². The van der Waals surface area contributed by atoms with Crippen molar-refractivity contribution in [3.8, 4) is 12.1 Å². The quantitative estimate of drug-likeness (QED) is 0.596. The number of hydrogen-bond donors (Lipinski definition) is 4. The third-order valence-corrected chi connectivity index (χ3v) is 6.18. The summed E-state index contributed by atoms with van der Waals surface area (Å²) in [7, 11) is 0. The minimum absolute atomic E-state index is 0.0633. The lowest BCUT2D eigenvalue weighted by Crippen LogP contribution is -2.50. The van der Waals surface area contributed by atoms with E-state index in [9.17, 15) is 10.5 Å². The number of hydrogen-bond acceptors (Lipinski definition) is 6. The summed E-state index contributed by atoms with van der Waals surface area (Å²) in [5, 5.41) is 26.4. The van der Waals surface area contributed by atoms with Crippen LogP contribution in [0.2, 0.25) is 0 Å². The Hall–Kier alpha value is -2.32. The maximum absolute atomic E-state index is 10.0. The van der Waals surface area contributed by atoms with Gasteiger partial charge in [0.2, 0.25) is 0 Å². The molecule has 1 fully saturated rings. The zero-order valence-corrected chi connectivity index (χ0v) is 15.7. The molecule has 0 aliphatic carbocycles. The van der Waals surface area contributed by atoms with E-state index in [4.69, 9.17) is 0 Å². The van der Waals surface area contributed by atoms with Crippen LogP contribution in [0.5, 0.6) is 0 Å². The van der Waals surface area contributed by atoms with Gasteiger partial charge in [0.25, 0.3) is 0 Å². The topological polar surface area (TPSA) is 95.7 Å². The maximum atomic E-state index is 10.0. The Morgan fingerprint density at radius 2 is 2.08 bits per heavy atom. The molecule has 0 radical (unpaired) electrons. The second-order valence-electron chi connectivity index (χ2n) is 6.75. The Balaban J connectivity index is 1.87. The number of nitriles is 2. The number of nitrogens with zero attached hydrogens (tertiary/aromatic N) is 2. The molecule has 132 valence electrons. The lowest BCUT2D eigenvalue weighted by molar-refractivity contribution is 0.372. The lowest BCUT2D eigenvalue weighted by atomic mass is 9.77. The van der Waals surface area contributed by atoms with Gasteiger partial charge in [-0.25, -0.2) is 5.43 Å². The summed E-state index contributed by atoms with van der Waals surface area (Å²) in [4.78, 5) is 0. The van der Waals surface area contributed by atoms with E-state index >= 15 is 0 Å². The number of benzene rings is 1. The highest BCUT2D eigenvalue weighted by molar-refractivity contribution is 9.10. The van der Waals surface area contributed by atoms with Gasteiger partial charge in [0.05, 0.1) is 17.2 Å². The highest BCUT2D eigenvalue weighted by Gasteiger charge is 2.40. The summed E-state index contributed by atoms with van der Waals surface area (Å²) < 4.78 is 0.759. The van der Waals surface area contributed by atoms with E-state index in [-0.39, 0.29) is 12.1 Å². The van der Waals surface area contributed by atoms with Gasteiger partial charge in [-0.15, -0.1) is 0 Å². The Labute approximate surface area is 161 Å². The molecule has 0 bridgehead atoms. The minimum Gasteiger partial charge on any atom is -0.367 e. The van der Waals surface area contributed by atoms with Gasteiger partial charge >= 0.3 is 0 Å². The molecule has 3 atom stereocenters. The smallest absolute Gasteiger partial charge is 0.118 e. The van der Waals surface area contributed by atoms with Gasteiger partial charge < -0.3 is 16.1 Å². The third-order valence-electron chi connectivity index (χ3n) is 5.30. The van der Waals surface area contributed by atoms with Crippen molar-refractivity contribution in [3.63, 3.8) is 0 Å². The van der Waals surface area contributed by atoms with Gasteiger partial charge in [-0.1, -0.05) is 12.1 Å². The molecular formula is C19H19BrN6. The molecule has 26 heavy (non-hydrogen) atoms. The van der Waals surface area contributed by atoms with Gasteiger partial charge in [0, 0.05) is 34.8 Å². The fourth-order valence-corrected chi connectivity index (χ4v) is 4.64. The van der Waals surface area contributed by atoms with Gasteiger partial charge in [-0.05, 0) is 52.5 Å². The summed E-state index contributed by atoms with van der Waals surface area (Å²) in [5.74, 6) is 0.108. The average Bonchev–Trinajstić information content (AvgIpc) is 3.16. The first-order valence-electron chi connectivity index (χ1n) is 8.75. The van der Waals surface area contributed by atoms with Crippen LogP contribution in [0.4, 0.5) is 0 Å². The molecule has 7 heteroatoms. The van der Waals surface area contributed by atoms with Crippen LogP contribution in [0.3, 0.4) is 0 Å². The SMILES string of the molecule is N#CC1=C(C2CCCNC2)NC2NNC=C2C1c1cccc(C#N)c1Br. The van der Waals surface area contributed by atoms with E-state index in [0.29, 0.717) is 11.5 Å². The minimum atomic E-state index is -0.187. The molecule has 3 heterocycles. The van der Waals surface area contributed by atoms with Gasteiger partial charge in [0.15, 0.2) is 0 Å². The van der Waals surface area contributed by atoms with E-state index < -0.39 is 0 Å². The van der Waals surface area contributed by atoms with Crippen molar-refractivity contribution < 1.29 is 0 Å². The zero-order valence-electron chi connectivity index (χ0n) is 14.1. The molecule has 0 spiro atoms. The van der Waals surface area contributed by atoms with E-state index in [1.807, 2.05) is 18.3 Å². The van der Waals surface area contributed by atoms with Crippen molar-refractivity contribution >= 4 is 15.9 Å². The summed E-state index contributed by atoms with van der Waals surface area (Å²) >= 11 is 3.59. The Bertz CT molecular complexity index is 869. The molecule has 1 saturated heterocycles. The number of nitrogens with one attached hydrogen (secondary N) is 4. The van der Waals surface area contributed by atoms with Crippen LogP contribution in [0.1, 0.15) is 29.9 Å². The molecule has 1 aromatic carbocycles. The summed E-state index contributed by atoms with van der Waals surface area (Å²) in [6, 6.07) is 10.3. The van der Waals surface area contributed by atoms with Crippen LogP contribution in [-0.4, -0.2) is 19.3 Å². The second kappa shape index (κ2) is 7.13. The number of allylic oxidation sites excluding steroid dienone is 1. The summed E-state index contributed by atoms with van der Waals surface area (Å²) in [6.45, 7) is 1.90. The highest BCUT2D eigenvalue weighted by atomic mass is 79.9. The fourth-order valence-electron chi connectivity index (χ4n) is 4.05. The predicted molar refractivity (Wildman–Crippen MR) is 101 cm³/mol. The van der Waals surface area contributed by atoms with Crippen LogP contribution in [0.15, 0.2) is 45.7 Å². The molecule has 6 nitrogen and oxygen atoms in total. The van der Waals surface area contributed by atoms with Crippen molar-refractivity contribution in [2.24, 2.45) is 5.92 Å². The highest BCUT2D eigenvalue weighted by Crippen LogP contribution is 2.43. The standard InChI is InChI=1S/C19H19BrN6/c20-17-11(7-21)3-1-5-13(17)16-14(8-22)18(12-4-2-6-23-9-12)25-19-15(16)10-24-26-19/h1,3,5,10,12,16,19,23-26H,2,4,6,9H2. The molecule has 1 aromatic rings. The van der Waals surface area contributed by atoms with Crippen molar-refractivity contribution in [2.75, 3.05) is 13.1 Å². The van der Waals surface area contributed by atoms with Crippen LogP contribution >= 0.6 is 15.9 Å².